The van der Waals surface area contributed by atoms with Crippen LogP contribution in [-0.2, 0) is 6.54 Å². The lowest BCUT2D eigenvalue weighted by atomic mass is 10.00. The Bertz CT molecular complexity index is 1230. The Labute approximate surface area is 208 Å². The Morgan fingerprint density at radius 2 is 1.74 bits per heavy atom. The largest absolute Gasteiger partial charge is 0.493 e. The summed E-state index contributed by atoms with van der Waals surface area (Å²) in [4.78, 5) is 24.2. The van der Waals surface area contributed by atoms with E-state index in [4.69, 9.17) is 21.1 Å². The molecule has 2 N–H and O–H groups in total. The monoisotopic (exact) mass is 499 g/mol. The van der Waals surface area contributed by atoms with E-state index in [0.717, 1.165) is 12.5 Å². The van der Waals surface area contributed by atoms with Gasteiger partial charge >= 0.3 is 5.97 Å². The van der Waals surface area contributed by atoms with Crippen LogP contribution in [0.3, 0.4) is 0 Å². The van der Waals surface area contributed by atoms with Gasteiger partial charge in [0.2, 0.25) is 0 Å². The minimum absolute atomic E-state index is 0.0211. The maximum atomic E-state index is 13.8. The fourth-order valence-electron chi connectivity index (χ4n) is 3.41. The molecule has 0 aliphatic carbocycles. The highest BCUT2D eigenvalue weighted by Gasteiger charge is 2.15. The van der Waals surface area contributed by atoms with Crippen molar-refractivity contribution in [1.82, 2.24) is 5.32 Å². The number of carboxylic acids is 1. The zero-order valence-electron chi connectivity index (χ0n) is 19.7. The number of carbonyl (C=O) groups excluding carboxylic acids is 1. The first-order valence-corrected chi connectivity index (χ1v) is 11.6. The summed E-state index contributed by atoms with van der Waals surface area (Å²) in [5.41, 5.74) is 1.76. The van der Waals surface area contributed by atoms with Crippen molar-refractivity contribution in [3.8, 4) is 22.6 Å². The van der Waals surface area contributed by atoms with Crippen molar-refractivity contribution in [3.05, 3.63) is 82.1 Å². The number of aromatic carboxylic acids is 1. The summed E-state index contributed by atoms with van der Waals surface area (Å²) in [6.07, 6.45) is 0.778. The smallest absolute Gasteiger partial charge is 0.338 e. The van der Waals surface area contributed by atoms with E-state index in [-0.39, 0.29) is 23.6 Å². The lowest BCUT2D eigenvalue weighted by Crippen LogP contribution is -2.23. The van der Waals surface area contributed by atoms with Crippen LogP contribution in [0.15, 0.2) is 54.6 Å². The molecule has 3 aromatic rings. The van der Waals surface area contributed by atoms with Crippen LogP contribution in [-0.4, -0.2) is 29.7 Å². The molecule has 0 unspecified atom stereocenters. The Balaban J connectivity index is 1.85. The molecule has 0 saturated carbocycles. The topological polar surface area (TPSA) is 84.9 Å². The molecule has 35 heavy (non-hydrogen) atoms. The van der Waals surface area contributed by atoms with Crippen LogP contribution in [0.5, 0.6) is 11.5 Å². The number of nitrogens with one attached hydrogen (secondary N) is 1. The molecular formula is C27H27ClFNO5. The summed E-state index contributed by atoms with van der Waals surface area (Å²) in [7, 11) is 0. The number of halogens is 2. The second kappa shape index (κ2) is 11.7. The number of hydrogen-bond acceptors (Lipinski definition) is 4. The van der Waals surface area contributed by atoms with Crippen molar-refractivity contribution in [3.63, 3.8) is 0 Å². The van der Waals surface area contributed by atoms with E-state index in [2.05, 4.69) is 5.32 Å². The highest BCUT2D eigenvalue weighted by Crippen LogP contribution is 2.29. The highest BCUT2D eigenvalue weighted by molar-refractivity contribution is 6.34. The molecule has 0 bridgehead atoms. The third kappa shape index (κ3) is 6.73. The van der Waals surface area contributed by atoms with Gasteiger partial charge in [-0.15, -0.1) is 0 Å². The predicted octanol–water partition coefficient (Wildman–Crippen LogP) is 6.35. The van der Waals surface area contributed by atoms with E-state index in [1.54, 1.807) is 36.4 Å². The van der Waals surface area contributed by atoms with E-state index in [9.17, 15) is 19.1 Å². The van der Waals surface area contributed by atoms with E-state index in [1.165, 1.54) is 12.1 Å². The van der Waals surface area contributed by atoms with Crippen molar-refractivity contribution in [1.29, 1.82) is 0 Å². The molecule has 0 aromatic heterocycles. The molecule has 0 saturated heterocycles. The average Bonchev–Trinajstić information content (AvgIpc) is 2.81. The first kappa shape index (κ1) is 26.0. The van der Waals surface area contributed by atoms with Gasteiger partial charge in [-0.25, -0.2) is 9.18 Å². The minimum atomic E-state index is -1.35. The Hall–Kier alpha value is -3.58. The van der Waals surface area contributed by atoms with E-state index >= 15 is 0 Å². The summed E-state index contributed by atoms with van der Waals surface area (Å²) in [5, 5.41) is 12.4. The summed E-state index contributed by atoms with van der Waals surface area (Å²) in [6, 6.07) is 14.1. The number of ether oxygens (including phenoxy) is 2. The maximum Gasteiger partial charge on any atom is 0.338 e. The number of carbonyl (C=O) groups is 2. The fourth-order valence-corrected chi connectivity index (χ4v) is 3.67. The molecule has 184 valence electrons. The number of carboxylic acid groups (broad SMARTS) is 1. The molecule has 6 nitrogen and oxygen atoms in total. The third-order valence-electron chi connectivity index (χ3n) is 5.05. The second-order valence-corrected chi connectivity index (χ2v) is 8.57. The van der Waals surface area contributed by atoms with Gasteiger partial charge in [0.25, 0.3) is 5.91 Å². The van der Waals surface area contributed by atoms with Gasteiger partial charge in [-0.1, -0.05) is 30.7 Å². The fraction of sp³-hybridized carbons (Fsp3) is 0.259. The van der Waals surface area contributed by atoms with Crippen LogP contribution in [0, 0.1) is 5.82 Å². The van der Waals surface area contributed by atoms with Gasteiger partial charge < -0.3 is 19.9 Å². The quantitative estimate of drug-likeness (QED) is 0.339. The van der Waals surface area contributed by atoms with E-state index in [0.29, 0.717) is 40.4 Å². The minimum Gasteiger partial charge on any atom is -0.493 e. The number of rotatable bonds is 10. The van der Waals surface area contributed by atoms with Crippen LogP contribution in [0.2, 0.25) is 5.02 Å². The lowest BCUT2D eigenvalue weighted by molar-refractivity contribution is 0.0691. The average molecular weight is 500 g/mol. The van der Waals surface area contributed by atoms with Gasteiger partial charge in [-0.3, -0.25) is 4.79 Å². The zero-order chi connectivity index (χ0) is 25.5. The van der Waals surface area contributed by atoms with Crippen molar-refractivity contribution >= 4 is 23.5 Å². The summed E-state index contributed by atoms with van der Waals surface area (Å²) in [5.74, 6) is -1.36. The molecule has 3 rings (SSSR count). The molecule has 0 fully saturated rings. The molecule has 0 aliphatic rings. The molecule has 1 amide bonds. The van der Waals surface area contributed by atoms with Gasteiger partial charge in [0, 0.05) is 12.1 Å². The van der Waals surface area contributed by atoms with Crippen LogP contribution < -0.4 is 14.8 Å². The standard InChI is InChI=1S/C27H27ClFNO5/c1-4-11-34-25-10-6-17(18-5-9-24(29)22(13-18)27(32)33)12-19(25)15-30-26(31)21-8-7-20(14-23(21)28)35-16(2)3/h5-10,12-14,16H,4,11,15H2,1-3H3,(H,30,31)(H,32,33). The van der Waals surface area contributed by atoms with Crippen LogP contribution in [0.4, 0.5) is 4.39 Å². The number of hydrogen-bond donors (Lipinski definition) is 2. The zero-order valence-corrected chi connectivity index (χ0v) is 20.5. The summed E-state index contributed by atoms with van der Waals surface area (Å²) in [6.45, 7) is 6.41. The van der Waals surface area contributed by atoms with Crippen LogP contribution >= 0.6 is 11.6 Å². The molecule has 0 spiro atoms. The molecule has 0 aliphatic heterocycles. The van der Waals surface area contributed by atoms with Crippen LogP contribution in [0.25, 0.3) is 11.1 Å². The normalized spacial score (nSPS) is 10.8. The van der Waals surface area contributed by atoms with E-state index < -0.39 is 17.3 Å². The molecule has 3 aromatic carbocycles. The summed E-state index contributed by atoms with van der Waals surface area (Å²) < 4.78 is 25.3. The Morgan fingerprint density at radius 1 is 1.03 bits per heavy atom. The summed E-state index contributed by atoms with van der Waals surface area (Å²) >= 11 is 6.30. The molecule has 0 atom stereocenters. The van der Waals surface area contributed by atoms with E-state index in [1.807, 2.05) is 20.8 Å². The Morgan fingerprint density at radius 3 is 2.40 bits per heavy atom. The van der Waals surface area contributed by atoms with Crippen molar-refractivity contribution in [2.45, 2.75) is 39.8 Å². The van der Waals surface area contributed by atoms with Crippen LogP contribution in [0.1, 0.15) is 53.5 Å². The number of amides is 1. The second-order valence-electron chi connectivity index (χ2n) is 8.16. The SMILES string of the molecule is CCCOc1ccc(-c2ccc(F)c(C(=O)O)c2)cc1CNC(=O)c1ccc(OC(C)C)cc1Cl. The lowest BCUT2D eigenvalue weighted by Gasteiger charge is -2.15. The van der Waals surface area contributed by atoms with Crippen molar-refractivity contribution in [2.75, 3.05) is 6.61 Å². The molecule has 0 radical (unpaired) electrons. The van der Waals surface area contributed by atoms with Gasteiger partial charge in [0.05, 0.1) is 28.9 Å². The Kier molecular flexibility index (Phi) is 8.71. The van der Waals surface area contributed by atoms with Gasteiger partial charge in [0.15, 0.2) is 0 Å². The van der Waals surface area contributed by atoms with Gasteiger partial charge in [-0.05, 0) is 73.9 Å². The highest BCUT2D eigenvalue weighted by atomic mass is 35.5. The van der Waals surface area contributed by atoms with Crippen molar-refractivity contribution in [2.24, 2.45) is 0 Å². The first-order chi connectivity index (χ1) is 16.7. The van der Waals surface area contributed by atoms with Gasteiger partial charge in [-0.2, -0.15) is 0 Å². The number of benzene rings is 3. The molecule has 8 heteroatoms. The first-order valence-electron chi connectivity index (χ1n) is 11.2. The maximum absolute atomic E-state index is 13.8. The third-order valence-corrected chi connectivity index (χ3v) is 5.36. The predicted molar refractivity (Wildman–Crippen MR) is 133 cm³/mol. The van der Waals surface area contributed by atoms with Gasteiger partial charge in [0.1, 0.15) is 17.3 Å². The molecular weight excluding hydrogens is 473 g/mol. The van der Waals surface area contributed by atoms with Crippen molar-refractivity contribution < 1.29 is 28.6 Å². The molecule has 0 heterocycles.